The number of rotatable bonds is 5. The van der Waals surface area contributed by atoms with Crippen LogP contribution in [0.5, 0.6) is 5.75 Å². The Kier molecular flexibility index (Phi) is 5.70. The lowest BCUT2D eigenvalue weighted by Crippen LogP contribution is -2.52. The molecule has 2 N–H and O–H groups in total. The Hall–Kier alpha value is -2.94. The number of carbonyl (C=O) groups excluding carboxylic acids is 1. The number of carbonyl (C=O) groups is 1. The highest BCUT2D eigenvalue weighted by atomic mass is 19.1. The molecule has 3 rings (SSSR count). The van der Waals surface area contributed by atoms with Gasteiger partial charge >= 0.3 is 5.69 Å². The smallest absolute Gasteiger partial charge is 0.328 e. The van der Waals surface area contributed by atoms with Gasteiger partial charge in [0, 0.05) is 31.3 Å². The summed E-state index contributed by atoms with van der Waals surface area (Å²) in [6, 6.07) is 5.34. The average molecular weight is 377 g/mol. The standard InChI is InChI=1S/C18H20FN3O5/c1-22-17(24)11(9-20-18(22)25)7-16(23)21-14-10-26-6-5-15(14)27-13-4-2-3-12(19)8-13/h2-4,8-9,14-15H,5-7,10H2,1H3,(H,20,25)(H,21,23)/t14-,15+/m1/s1. The molecular formula is C18H20FN3O5. The highest BCUT2D eigenvalue weighted by molar-refractivity contribution is 5.78. The summed E-state index contributed by atoms with van der Waals surface area (Å²) in [5, 5.41) is 2.79. The maximum atomic E-state index is 13.3. The molecule has 27 heavy (non-hydrogen) atoms. The van der Waals surface area contributed by atoms with E-state index in [1.165, 1.54) is 25.4 Å². The highest BCUT2D eigenvalue weighted by Crippen LogP contribution is 2.19. The van der Waals surface area contributed by atoms with Gasteiger partial charge in [-0.25, -0.2) is 9.18 Å². The first kappa shape index (κ1) is 18.8. The molecule has 0 saturated carbocycles. The third-order valence-electron chi connectivity index (χ3n) is 4.33. The summed E-state index contributed by atoms with van der Waals surface area (Å²) < 4.78 is 25.5. The minimum absolute atomic E-state index is 0.175. The van der Waals surface area contributed by atoms with Gasteiger partial charge in [0.2, 0.25) is 5.91 Å². The van der Waals surface area contributed by atoms with Crippen molar-refractivity contribution < 1.29 is 18.7 Å². The zero-order valence-electron chi connectivity index (χ0n) is 14.7. The van der Waals surface area contributed by atoms with Crippen LogP contribution in [0.2, 0.25) is 0 Å². The molecule has 0 bridgehead atoms. The fraction of sp³-hybridized carbons (Fsp3) is 0.389. The quantitative estimate of drug-likeness (QED) is 0.770. The van der Waals surface area contributed by atoms with E-state index in [2.05, 4.69) is 10.3 Å². The van der Waals surface area contributed by atoms with E-state index in [0.29, 0.717) is 18.8 Å². The summed E-state index contributed by atoms with van der Waals surface area (Å²) in [6.45, 7) is 0.710. The van der Waals surface area contributed by atoms with E-state index in [4.69, 9.17) is 9.47 Å². The zero-order chi connectivity index (χ0) is 19.4. The number of nitrogens with zero attached hydrogens (tertiary/aromatic N) is 1. The van der Waals surface area contributed by atoms with Crippen molar-refractivity contribution in [2.45, 2.75) is 25.0 Å². The Bertz CT molecular complexity index is 939. The van der Waals surface area contributed by atoms with Crippen LogP contribution in [0.4, 0.5) is 4.39 Å². The van der Waals surface area contributed by atoms with Crippen molar-refractivity contribution in [2.75, 3.05) is 13.2 Å². The fourth-order valence-electron chi connectivity index (χ4n) is 2.88. The van der Waals surface area contributed by atoms with Crippen LogP contribution in [-0.2, 0) is 23.0 Å². The van der Waals surface area contributed by atoms with Crippen LogP contribution in [0.1, 0.15) is 12.0 Å². The highest BCUT2D eigenvalue weighted by Gasteiger charge is 2.29. The van der Waals surface area contributed by atoms with E-state index in [1.54, 1.807) is 12.1 Å². The summed E-state index contributed by atoms with van der Waals surface area (Å²) >= 11 is 0. The van der Waals surface area contributed by atoms with Crippen molar-refractivity contribution in [1.82, 2.24) is 14.9 Å². The monoisotopic (exact) mass is 377 g/mol. The lowest BCUT2D eigenvalue weighted by Gasteiger charge is -2.32. The third kappa shape index (κ3) is 4.62. The van der Waals surface area contributed by atoms with Gasteiger partial charge in [0.15, 0.2) is 0 Å². The maximum Gasteiger partial charge on any atom is 0.328 e. The fourth-order valence-corrected chi connectivity index (χ4v) is 2.88. The number of ether oxygens (including phenoxy) is 2. The van der Waals surface area contributed by atoms with Gasteiger partial charge in [0.05, 0.1) is 25.7 Å². The number of H-pyrrole nitrogens is 1. The molecule has 8 nitrogen and oxygen atoms in total. The van der Waals surface area contributed by atoms with Gasteiger partial charge in [-0.2, -0.15) is 0 Å². The second kappa shape index (κ2) is 8.17. The average Bonchev–Trinajstić information content (AvgIpc) is 2.64. The minimum atomic E-state index is -0.548. The van der Waals surface area contributed by atoms with Crippen molar-refractivity contribution in [3.8, 4) is 5.75 Å². The summed E-state index contributed by atoms with van der Waals surface area (Å²) in [5.74, 6) is -0.438. The molecule has 0 unspecified atom stereocenters. The normalized spacial score (nSPS) is 19.5. The SMILES string of the molecule is Cn1c(=O)[nH]cc(CC(=O)N[C@@H]2COCC[C@@H]2Oc2cccc(F)c2)c1=O. The Labute approximate surface area is 153 Å². The van der Waals surface area contributed by atoms with E-state index in [-0.39, 0.29) is 24.7 Å². The number of nitrogens with one attached hydrogen (secondary N) is 2. The molecular weight excluding hydrogens is 357 g/mol. The number of hydrogen-bond donors (Lipinski definition) is 2. The molecule has 144 valence electrons. The summed E-state index contributed by atoms with van der Waals surface area (Å²) in [5.41, 5.74) is -0.899. The van der Waals surface area contributed by atoms with Gasteiger partial charge in [-0.1, -0.05) is 6.07 Å². The minimum Gasteiger partial charge on any atom is -0.488 e. The van der Waals surface area contributed by atoms with E-state index in [0.717, 1.165) is 4.57 Å². The molecule has 1 amide bonds. The van der Waals surface area contributed by atoms with Gasteiger partial charge in [-0.05, 0) is 12.1 Å². The van der Waals surface area contributed by atoms with Crippen molar-refractivity contribution in [3.05, 3.63) is 62.7 Å². The first-order chi connectivity index (χ1) is 12.9. The topological polar surface area (TPSA) is 102 Å². The van der Waals surface area contributed by atoms with Gasteiger partial charge in [0.1, 0.15) is 17.7 Å². The predicted molar refractivity (Wildman–Crippen MR) is 94.2 cm³/mol. The van der Waals surface area contributed by atoms with Crippen LogP contribution in [0.15, 0.2) is 40.1 Å². The summed E-state index contributed by atoms with van der Waals surface area (Å²) in [6.07, 6.45) is 1.19. The van der Waals surface area contributed by atoms with Crippen LogP contribution in [-0.4, -0.2) is 40.8 Å². The third-order valence-corrected chi connectivity index (χ3v) is 4.33. The lowest BCUT2D eigenvalue weighted by atomic mass is 10.1. The molecule has 2 heterocycles. The first-order valence-corrected chi connectivity index (χ1v) is 8.51. The molecule has 1 aromatic heterocycles. The Morgan fingerprint density at radius 2 is 2.26 bits per heavy atom. The number of aromatic amines is 1. The van der Waals surface area contributed by atoms with Crippen LogP contribution in [0.3, 0.4) is 0 Å². The largest absolute Gasteiger partial charge is 0.488 e. The van der Waals surface area contributed by atoms with Crippen molar-refractivity contribution in [1.29, 1.82) is 0 Å². The lowest BCUT2D eigenvalue weighted by molar-refractivity contribution is -0.123. The van der Waals surface area contributed by atoms with Crippen LogP contribution in [0, 0.1) is 5.82 Å². The number of halogens is 1. The predicted octanol–water partition coefficient (Wildman–Crippen LogP) is 0.108. The van der Waals surface area contributed by atoms with Crippen LogP contribution in [0.25, 0.3) is 0 Å². The maximum absolute atomic E-state index is 13.3. The first-order valence-electron chi connectivity index (χ1n) is 8.51. The zero-order valence-corrected chi connectivity index (χ0v) is 14.7. The van der Waals surface area contributed by atoms with Crippen LogP contribution < -0.4 is 21.3 Å². The molecule has 1 aliphatic rings. The van der Waals surface area contributed by atoms with Crippen LogP contribution >= 0.6 is 0 Å². The van der Waals surface area contributed by atoms with Gasteiger partial charge in [0.25, 0.3) is 5.56 Å². The molecule has 0 spiro atoms. The molecule has 1 aromatic carbocycles. The Morgan fingerprint density at radius 3 is 3.04 bits per heavy atom. The van der Waals surface area contributed by atoms with E-state index in [9.17, 15) is 18.8 Å². The van der Waals surface area contributed by atoms with E-state index in [1.807, 2.05) is 0 Å². The number of benzene rings is 1. The Morgan fingerprint density at radius 1 is 1.44 bits per heavy atom. The molecule has 1 saturated heterocycles. The van der Waals surface area contributed by atoms with Crippen molar-refractivity contribution in [3.63, 3.8) is 0 Å². The molecule has 0 aliphatic carbocycles. The van der Waals surface area contributed by atoms with Crippen molar-refractivity contribution in [2.24, 2.45) is 7.05 Å². The summed E-state index contributed by atoms with van der Waals surface area (Å²) in [4.78, 5) is 38.2. The van der Waals surface area contributed by atoms with E-state index < -0.39 is 29.0 Å². The second-order valence-electron chi connectivity index (χ2n) is 6.31. The van der Waals surface area contributed by atoms with Gasteiger partial charge in [-0.15, -0.1) is 0 Å². The molecule has 0 radical (unpaired) electrons. The molecule has 1 fully saturated rings. The Balaban J connectivity index is 1.67. The van der Waals surface area contributed by atoms with Gasteiger partial charge in [-0.3, -0.25) is 14.2 Å². The molecule has 2 atom stereocenters. The van der Waals surface area contributed by atoms with Crippen molar-refractivity contribution >= 4 is 5.91 Å². The number of amides is 1. The number of aromatic nitrogens is 2. The van der Waals surface area contributed by atoms with Gasteiger partial charge < -0.3 is 19.8 Å². The second-order valence-corrected chi connectivity index (χ2v) is 6.31. The molecule has 9 heteroatoms. The summed E-state index contributed by atoms with van der Waals surface area (Å²) in [7, 11) is 1.33. The van der Waals surface area contributed by atoms with E-state index >= 15 is 0 Å². The molecule has 2 aromatic rings. The number of hydrogen-bond acceptors (Lipinski definition) is 5. The molecule has 1 aliphatic heterocycles.